The normalized spacial score (nSPS) is 14.8. The van der Waals surface area contributed by atoms with Gasteiger partial charge in [-0.15, -0.1) is 0 Å². The Morgan fingerprint density at radius 3 is 2.67 bits per heavy atom. The number of likely N-dealkylation sites (N-methyl/N-ethyl adjacent to an activating group) is 1. The molecule has 9 nitrogen and oxygen atoms in total. The number of carbonyl (C=O) groups excluding carboxylic acids is 3. The second-order valence-corrected chi connectivity index (χ2v) is 6.61. The number of furan rings is 1. The highest BCUT2D eigenvalue weighted by molar-refractivity contribution is 5.94. The highest BCUT2D eigenvalue weighted by Crippen LogP contribution is 2.21. The number of piperidine rings is 1. The number of rotatable bonds is 5. The first-order valence-corrected chi connectivity index (χ1v) is 8.75. The van der Waals surface area contributed by atoms with Crippen molar-refractivity contribution in [3.05, 3.63) is 36.0 Å². The molecule has 1 N–H and O–H groups in total. The molecule has 1 aliphatic heterocycles. The van der Waals surface area contributed by atoms with Crippen LogP contribution in [0.4, 0.5) is 5.82 Å². The summed E-state index contributed by atoms with van der Waals surface area (Å²) < 4.78 is 10.0. The van der Waals surface area contributed by atoms with Gasteiger partial charge in [-0.1, -0.05) is 5.16 Å². The summed E-state index contributed by atoms with van der Waals surface area (Å²) in [5.74, 6) is 0.390. The number of anilines is 1. The van der Waals surface area contributed by atoms with Gasteiger partial charge in [0.2, 0.25) is 11.8 Å². The van der Waals surface area contributed by atoms with E-state index >= 15 is 0 Å². The molecule has 0 radical (unpaired) electrons. The van der Waals surface area contributed by atoms with Crippen LogP contribution in [-0.2, 0) is 9.59 Å². The number of hydrogen-bond acceptors (Lipinski definition) is 6. The van der Waals surface area contributed by atoms with Gasteiger partial charge in [-0.25, -0.2) is 0 Å². The maximum absolute atomic E-state index is 12.6. The first kappa shape index (κ1) is 18.7. The third kappa shape index (κ3) is 4.55. The summed E-state index contributed by atoms with van der Waals surface area (Å²) in [5.41, 5.74) is 0. The summed E-state index contributed by atoms with van der Waals surface area (Å²) in [6.45, 7) is 2.61. The molecule has 27 heavy (non-hydrogen) atoms. The van der Waals surface area contributed by atoms with Crippen molar-refractivity contribution in [2.45, 2.75) is 19.8 Å². The molecule has 2 aromatic rings. The Hall–Kier alpha value is -3.10. The van der Waals surface area contributed by atoms with E-state index in [-0.39, 0.29) is 30.2 Å². The molecule has 3 amide bonds. The van der Waals surface area contributed by atoms with Crippen molar-refractivity contribution in [2.24, 2.45) is 5.92 Å². The molecule has 0 unspecified atom stereocenters. The Balaban J connectivity index is 1.46. The molecule has 3 rings (SSSR count). The highest BCUT2D eigenvalue weighted by atomic mass is 16.5. The van der Waals surface area contributed by atoms with E-state index in [1.165, 1.54) is 11.2 Å². The molecule has 1 aliphatic rings. The van der Waals surface area contributed by atoms with E-state index in [9.17, 15) is 14.4 Å². The van der Waals surface area contributed by atoms with Crippen molar-refractivity contribution >= 4 is 23.5 Å². The lowest BCUT2D eigenvalue weighted by atomic mass is 9.95. The van der Waals surface area contributed by atoms with Crippen LogP contribution in [-0.4, -0.2) is 59.4 Å². The largest absolute Gasteiger partial charge is 0.459 e. The van der Waals surface area contributed by atoms with Gasteiger partial charge >= 0.3 is 0 Å². The van der Waals surface area contributed by atoms with Crippen molar-refractivity contribution < 1.29 is 23.3 Å². The van der Waals surface area contributed by atoms with Crippen molar-refractivity contribution in [3.63, 3.8) is 0 Å². The summed E-state index contributed by atoms with van der Waals surface area (Å²) in [4.78, 5) is 40.0. The lowest BCUT2D eigenvalue weighted by Gasteiger charge is -2.32. The lowest BCUT2D eigenvalue weighted by Crippen LogP contribution is -2.45. The van der Waals surface area contributed by atoms with Crippen LogP contribution in [0.5, 0.6) is 0 Å². The fourth-order valence-electron chi connectivity index (χ4n) is 3.10. The van der Waals surface area contributed by atoms with E-state index in [1.807, 2.05) is 0 Å². The van der Waals surface area contributed by atoms with Crippen molar-refractivity contribution in [2.75, 3.05) is 32.0 Å². The molecule has 2 aromatic heterocycles. The number of likely N-dealkylation sites (tertiary alicyclic amines) is 1. The molecule has 9 heteroatoms. The van der Waals surface area contributed by atoms with Gasteiger partial charge in [-0.2, -0.15) is 0 Å². The summed E-state index contributed by atoms with van der Waals surface area (Å²) in [5, 5.41) is 6.28. The van der Waals surface area contributed by atoms with Crippen LogP contribution < -0.4 is 5.32 Å². The number of hydrogen-bond donors (Lipinski definition) is 1. The first-order chi connectivity index (χ1) is 12.9. The average molecular weight is 374 g/mol. The average Bonchev–Trinajstić information content (AvgIpc) is 3.32. The van der Waals surface area contributed by atoms with Crippen LogP contribution in [0.25, 0.3) is 0 Å². The lowest BCUT2D eigenvalue weighted by molar-refractivity contribution is -0.138. The third-order valence-electron chi connectivity index (χ3n) is 4.52. The summed E-state index contributed by atoms with van der Waals surface area (Å²) in [6, 6.07) is 4.90. The predicted molar refractivity (Wildman–Crippen MR) is 94.8 cm³/mol. The van der Waals surface area contributed by atoms with Crippen LogP contribution in [0.3, 0.4) is 0 Å². The molecule has 1 fully saturated rings. The minimum atomic E-state index is -0.343. The van der Waals surface area contributed by atoms with Gasteiger partial charge in [0, 0.05) is 32.1 Å². The van der Waals surface area contributed by atoms with Crippen molar-refractivity contribution in [1.29, 1.82) is 0 Å². The van der Waals surface area contributed by atoms with Gasteiger partial charge < -0.3 is 24.1 Å². The number of amides is 3. The second kappa shape index (κ2) is 8.07. The topological polar surface area (TPSA) is 109 Å². The van der Waals surface area contributed by atoms with Crippen molar-refractivity contribution in [1.82, 2.24) is 15.0 Å². The van der Waals surface area contributed by atoms with E-state index < -0.39 is 0 Å². The minimum Gasteiger partial charge on any atom is -0.459 e. The fourth-order valence-corrected chi connectivity index (χ4v) is 3.10. The Bertz CT molecular complexity index is 806. The number of carbonyl (C=O) groups is 3. The number of aromatic nitrogens is 1. The van der Waals surface area contributed by atoms with E-state index in [0.717, 1.165) is 0 Å². The standard InChI is InChI=1S/C18H22N4O5/c1-12-10-15(20-27-12)19-16(23)11-21(2)17(24)13-5-7-22(8-6-13)18(25)14-4-3-9-26-14/h3-4,9-10,13H,5-8,11H2,1-2H3,(H,19,20,23). The monoisotopic (exact) mass is 374 g/mol. The van der Waals surface area contributed by atoms with Crippen LogP contribution >= 0.6 is 0 Å². The molecular formula is C18H22N4O5. The summed E-state index contributed by atoms with van der Waals surface area (Å²) in [7, 11) is 1.59. The number of aryl methyl sites for hydroxylation is 1. The molecule has 3 heterocycles. The molecule has 0 aliphatic carbocycles. The summed E-state index contributed by atoms with van der Waals surface area (Å²) >= 11 is 0. The van der Waals surface area contributed by atoms with Gasteiger partial charge in [-0.05, 0) is 31.9 Å². The molecule has 0 spiro atoms. The highest BCUT2D eigenvalue weighted by Gasteiger charge is 2.30. The van der Waals surface area contributed by atoms with E-state index in [0.29, 0.717) is 43.3 Å². The van der Waals surface area contributed by atoms with E-state index in [4.69, 9.17) is 8.94 Å². The number of nitrogens with one attached hydrogen (secondary N) is 1. The molecule has 144 valence electrons. The number of nitrogens with zero attached hydrogens (tertiary/aromatic N) is 3. The van der Waals surface area contributed by atoms with Crippen LogP contribution in [0.15, 0.2) is 33.4 Å². The Morgan fingerprint density at radius 1 is 1.33 bits per heavy atom. The zero-order valence-electron chi connectivity index (χ0n) is 15.3. The van der Waals surface area contributed by atoms with Crippen LogP contribution in [0.1, 0.15) is 29.2 Å². The van der Waals surface area contributed by atoms with Gasteiger partial charge in [0.15, 0.2) is 11.6 Å². The SMILES string of the molecule is Cc1cc(NC(=O)CN(C)C(=O)C2CCN(C(=O)c3ccco3)CC2)no1. The molecule has 0 aromatic carbocycles. The Labute approximate surface area is 156 Å². The Kier molecular flexibility index (Phi) is 5.58. The molecule has 0 saturated carbocycles. The second-order valence-electron chi connectivity index (χ2n) is 6.61. The molecular weight excluding hydrogens is 352 g/mol. The molecule has 1 saturated heterocycles. The minimum absolute atomic E-state index is 0.0731. The van der Waals surface area contributed by atoms with Crippen LogP contribution in [0, 0.1) is 12.8 Å². The zero-order chi connectivity index (χ0) is 19.4. The van der Waals surface area contributed by atoms with Gasteiger partial charge in [0.05, 0.1) is 12.8 Å². The van der Waals surface area contributed by atoms with Gasteiger partial charge in [0.1, 0.15) is 5.76 Å². The summed E-state index contributed by atoms with van der Waals surface area (Å²) in [6.07, 6.45) is 2.57. The van der Waals surface area contributed by atoms with Crippen molar-refractivity contribution in [3.8, 4) is 0 Å². The van der Waals surface area contributed by atoms with Gasteiger partial charge in [-0.3, -0.25) is 14.4 Å². The third-order valence-corrected chi connectivity index (χ3v) is 4.52. The fraction of sp³-hybridized carbons (Fsp3) is 0.444. The first-order valence-electron chi connectivity index (χ1n) is 8.75. The van der Waals surface area contributed by atoms with Gasteiger partial charge in [0.25, 0.3) is 5.91 Å². The zero-order valence-corrected chi connectivity index (χ0v) is 15.3. The molecule has 0 bridgehead atoms. The van der Waals surface area contributed by atoms with E-state index in [2.05, 4.69) is 10.5 Å². The smallest absolute Gasteiger partial charge is 0.289 e. The van der Waals surface area contributed by atoms with Crippen LogP contribution in [0.2, 0.25) is 0 Å². The Morgan fingerprint density at radius 2 is 2.07 bits per heavy atom. The quantitative estimate of drug-likeness (QED) is 0.850. The maximum atomic E-state index is 12.6. The predicted octanol–water partition coefficient (Wildman–Crippen LogP) is 1.53. The van der Waals surface area contributed by atoms with E-state index in [1.54, 1.807) is 37.1 Å². The molecule has 0 atom stereocenters. The maximum Gasteiger partial charge on any atom is 0.289 e.